The Morgan fingerprint density at radius 3 is 2.76 bits per heavy atom. The van der Waals surface area contributed by atoms with Gasteiger partial charge in [-0.2, -0.15) is 0 Å². The van der Waals surface area contributed by atoms with Gasteiger partial charge in [0, 0.05) is 17.8 Å². The molecule has 2 aromatic carbocycles. The molecule has 1 fully saturated rings. The molecule has 1 atom stereocenters. The van der Waals surface area contributed by atoms with Crippen LogP contribution in [0.2, 0.25) is 0 Å². The number of benzene rings is 2. The number of fused-ring (bicyclic) bond motifs is 2. The fourth-order valence-electron chi connectivity index (χ4n) is 3.17. The van der Waals surface area contributed by atoms with E-state index in [2.05, 4.69) is 15.6 Å². The van der Waals surface area contributed by atoms with Gasteiger partial charge in [0.05, 0.1) is 12.1 Å². The number of hydrogen-bond donors (Lipinski definition) is 3. The molecule has 1 saturated heterocycles. The number of para-hydroxylation sites is 1. The summed E-state index contributed by atoms with van der Waals surface area (Å²) < 4.78 is 5.72. The zero-order chi connectivity index (χ0) is 20.4. The van der Waals surface area contributed by atoms with Gasteiger partial charge in [0.1, 0.15) is 12.3 Å². The molecule has 2 aliphatic rings. The van der Waals surface area contributed by atoms with E-state index in [1.165, 1.54) is 0 Å². The van der Waals surface area contributed by atoms with Gasteiger partial charge in [-0.25, -0.2) is 4.99 Å². The third-order valence-corrected chi connectivity index (χ3v) is 4.50. The number of carbonyl (C=O) groups excluding carboxylic acids is 2. The number of aliphatic imine (C=N–C) groups is 1. The summed E-state index contributed by atoms with van der Waals surface area (Å²) in [5, 5.41) is 14.5. The predicted molar refractivity (Wildman–Crippen MR) is 104 cm³/mol. The largest absolute Gasteiger partial charge is 0.481 e. The lowest BCUT2D eigenvalue weighted by atomic mass is 10.1. The number of carbonyl (C=O) groups is 3. The summed E-state index contributed by atoms with van der Waals surface area (Å²) in [5.41, 5.74) is 2.06. The first-order valence-electron chi connectivity index (χ1n) is 8.99. The SMILES string of the molecule is O=C(O)CC(Oc1ccc2c(c1)CN1CC(=O)NC1=N2)C(=O)Nc1ccccc1. The van der Waals surface area contributed by atoms with Crippen LogP contribution < -0.4 is 15.4 Å². The standard InChI is InChI=1S/C20H18N4O5/c25-17-11-24-10-12-8-14(6-7-15(12)22-20(24)23-17)29-16(9-18(26)27)19(28)21-13-4-2-1-3-5-13/h1-8,16H,9-11H2,(H,21,28)(H,26,27)(H,22,23,25). The Morgan fingerprint density at radius 2 is 2.00 bits per heavy atom. The molecule has 0 bridgehead atoms. The van der Waals surface area contributed by atoms with Gasteiger partial charge in [0.15, 0.2) is 6.10 Å². The summed E-state index contributed by atoms with van der Waals surface area (Å²) in [7, 11) is 0. The third-order valence-electron chi connectivity index (χ3n) is 4.50. The van der Waals surface area contributed by atoms with Crippen LogP contribution in [0.15, 0.2) is 53.5 Å². The second kappa shape index (κ2) is 7.63. The molecule has 148 valence electrons. The van der Waals surface area contributed by atoms with Crippen molar-refractivity contribution in [3.8, 4) is 5.75 Å². The van der Waals surface area contributed by atoms with Gasteiger partial charge in [-0.1, -0.05) is 18.2 Å². The number of aliphatic carboxylic acids is 1. The highest BCUT2D eigenvalue weighted by Crippen LogP contribution is 2.31. The Hall–Kier alpha value is -3.88. The first-order chi connectivity index (χ1) is 14.0. The maximum Gasteiger partial charge on any atom is 0.307 e. The second-order valence-corrected chi connectivity index (χ2v) is 6.69. The maximum absolute atomic E-state index is 12.6. The molecule has 9 heteroatoms. The zero-order valence-electron chi connectivity index (χ0n) is 15.3. The van der Waals surface area contributed by atoms with Gasteiger partial charge in [-0.3, -0.25) is 19.7 Å². The predicted octanol–water partition coefficient (Wildman–Crippen LogP) is 1.48. The van der Waals surface area contributed by atoms with E-state index in [4.69, 9.17) is 4.74 Å². The molecule has 2 heterocycles. The van der Waals surface area contributed by atoms with Gasteiger partial charge in [0.2, 0.25) is 11.9 Å². The molecule has 0 aromatic heterocycles. The highest BCUT2D eigenvalue weighted by molar-refractivity contribution is 6.05. The molecular formula is C20H18N4O5. The van der Waals surface area contributed by atoms with Crippen molar-refractivity contribution >= 4 is 35.1 Å². The van der Waals surface area contributed by atoms with E-state index in [0.29, 0.717) is 29.6 Å². The quantitative estimate of drug-likeness (QED) is 0.683. The van der Waals surface area contributed by atoms with Crippen LogP contribution in [-0.2, 0) is 20.9 Å². The van der Waals surface area contributed by atoms with Crippen molar-refractivity contribution in [1.29, 1.82) is 0 Å². The summed E-state index contributed by atoms with van der Waals surface area (Å²) >= 11 is 0. The molecule has 2 amide bonds. The van der Waals surface area contributed by atoms with Gasteiger partial charge in [-0.05, 0) is 30.3 Å². The smallest absolute Gasteiger partial charge is 0.307 e. The van der Waals surface area contributed by atoms with Crippen molar-refractivity contribution in [1.82, 2.24) is 10.2 Å². The minimum absolute atomic E-state index is 0.118. The first-order valence-corrected chi connectivity index (χ1v) is 8.99. The molecule has 2 aliphatic heterocycles. The van der Waals surface area contributed by atoms with Crippen LogP contribution in [0.4, 0.5) is 11.4 Å². The number of hydrogen-bond acceptors (Lipinski definition) is 6. The Balaban J connectivity index is 1.51. The van der Waals surface area contributed by atoms with E-state index in [-0.39, 0.29) is 12.5 Å². The van der Waals surface area contributed by atoms with Crippen LogP contribution in [0.1, 0.15) is 12.0 Å². The number of nitrogens with one attached hydrogen (secondary N) is 2. The molecule has 0 radical (unpaired) electrons. The zero-order valence-corrected chi connectivity index (χ0v) is 15.3. The molecule has 0 aliphatic carbocycles. The number of rotatable bonds is 6. The summed E-state index contributed by atoms with van der Waals surface area (Å²) in [6.45, 7) is 0.689. The maximum atomic E-state index is 12.6. The van der Waals surface area contributed by atoms with Crippen molar-refractivity contribution in [3.63, 3.8) is 0 Å². The van der Waals surface area contributed by atoms with Crippen LogP contribution in [0.3, 0.4) is 0 Å². The average Bonchev–Trinajstić information content (AvgIpc) is 3.04. The monoisotopic (exact) mass is 394 g/mol. The summed E-state index contributed by atoms with van der Waals surface area (Å²) in [6, 6.07) is 13.8. The summed E-state index contributed by atoms with van der Waals surface area (Å²) in [5.74, 6) is -0.942. The topological polar surface area (TPSA) is 120 Å². The number of amides is 2. The molecule has 1 unspecified atom stereocenters. The third kappa shape index (κ3) is 4.18. The Morgan fingerprint density at radius 1 is 1.21 bits per heavy atom. The number of carboxylic acid groups (broad SMARTS) is 1. The highest BCUT2D eigenvalue weighted by atomic mass is 16.5. The van der Waals surface area contributed by atoms with Crippen molar-refractivity contribution in [2.45, 2.75) is 19.1 Å². The van der Waals surface area contributed by atoms with E-state index >= 15 is 0 Å². The average molecular weight is 394 g/mol. The van der Waals surface area contributed by atoms with Crippen molar-refractivity contribution in [2.24, 2.45) is 4.99 Å². The van der Waals surface area contributed by atoms with Crippen molar-refractivity contribution in [2.75, 3.05) is 11.9 Å². The van der Waals surface area contributed by atoms with Gasteiger partial charge in [0.25, 0.3) is 5.91 Å². The van der Waals surface area contributed by atoms with Crippen LogP contribution in [0, 0.1) is 0 Å². The second-order valence-electron chi connectivity index (χ2n) is 6.69. The molecule has 0 spiro atoms. The summed E-state index contributed by atoms with van der Waals surface area (Å²) in [4.78, 5) is 41.5. The number of ether oxygens (including phenoxy) is 1. The Bertz CT molecular complexity index is 1010. The number of nitrogens with zero attached hydrogens (tertiary/aromatic N) is 2. The van der Waals surface area contributed by atoms with Crippen LogP contribution in [-0.4, -0.2) is 46.4 Å². The van der Waals surface area contributed by atoms with Gasteiger partial charge in [-0.15, -0.1) is 0 Å². The molecule has 9 nitrogen and oxygen atoms in total. The van der Waals surface area contributed by atoms with Crippen molar-refractivity contribution < 1.29 is 24.2 Å². The number of guanidine groups is 1. The first kappa shape index (κ1) is 18.5. The van der Waals surface area contributed by atoms with Crippen molar-refractivity contribution in [3.05, 3.63) is 54.1 Å². The van der Waals surface area contributed by atoms with Gasteiger partial charge < -0.3 is 20.1 Å². The molecule has 29 heavy (non-hydrogen) atoms. The van der Waals surface area contributed by atoms with Crippen LogP contribution in [0.25, 0.3) is 0 Å². The van der Waals surface area contributed by atoms with E-state index in [0.717, 1.165) is 5.56 Å². The van der Waals surface area contributed by atoms with Crippen LogP contribution in [0.5, 0.6) is 5.75 Å². The summed E-state index contributed by atoms with van der Waals surface area (Å²) in [6.07, 6.45) is -1.69. The van der Waals surface area contributed by atoms with Gasteiger partial charge >= 0.3 is 5.97 Å². The Kier molecular flexibility index (Phi) is 4.86. The van der Waals surface area contributed by atoms with E-state index < -0.39 is 24.4 Å². The lowest BCUT2D eigenvalue weighted by Gasteiger charge is -2.24. The minimum Gasteiger partial charge on any atom is -0.481 e. The normalized spacial score (nSPS) is 15.5. The molecule has 0 saturated carbocycles. The number of carboxylic acids is 1. The number of anilines is 1. The lowest BCUT2D eigenvalue weighted by Crippen LogP contribution is -2.35. The van der Waals surface area contributed by atoms with Crippen LogP contribution >= 0.6 is 0 Å². The lowest BCUT2D eigenvalue weighted by molar-refractivity contribution is -0.141. The molecular weight excluding hydrogens is 376 g/mol. The molecule has 2 aromatic rings. The fourth-order valence-corrected chi connectivity index (χ4v) is 3.17. The Labute approximate surface area is 166 Å². The van der Waals surface area contributed by atoms with E-state index in [9.17, 15) is 19.5 Å². The molecule has 3 N–H and O–H groups in total. The van der Waals surface area contributed by atoms with E-state index in [1.807, 2.05) is 6.07 Å². The van der Waals surface area contributed by atoms with E-state index in [1.54, 1.807) is 47.4 Å². The molecule has 4 rings (SSSR count). The minimum atomic E-state index is -1.21. The fraction of sp³-hybridized carbons (Fsp3) is 0.200. The highest BCUT2D eigenvalue weighted by Gasteiger charge is 2.30.